The van der Waals surface area contributed by atoms with Crippen molar-refractivity contribution in [3.05, 3.63) is 22.4 Å². The van der Waals surface area contributed by atoms with Gasteiger partial charge in [0.1, 0.15) is 4.88 Å². The van der Waals surface area contributed by atoms with Gasteiger partial charge < -0.3 is 10.1 Å². The van der Waals surface area contributed by atoms with Crippen LogP contribution < -0.4 is 5.32 Å². The number of esters is 1. The Kier molecular flexibility index (Phi) is 5.74. The number of hydrogen-bond donors (Lipinski definition) is 1. The van der Waals surface area contributed by atoms with Crippen molar-refractivity contribution >= 4 is 23.2 Å². The summed E-state index contributed by atoms with van der Waals surface area (Å²) in [6.07, 6.45) is -0.234. The Bertz CT molecular complexity index is 446. The molecule has 0 saturated carbocycles. The zero-order chi connectivity index (χ0) is 15.3. The lowest BCUT2D eigenvalue weighted by molar-refractivity contribution is -0.132. The third kappa shape index (κ3) is 5.74. The third-order valence-electron chi connectivity index (χ3n) is 2.45. The largest absolute Gasteiger partial charge is 0.448 e. The molecule has 1 aromatic rings. The first-order valence-electron chi connectivity index (χ1n) is 6.75. The van der Waals surface area contributed by atoms with Crippen molar-refractivity contribution in [1.29, 1.82) is 0 Å². The Labute approximate surface area is 124 Å². The second kappa shape index (κ2) is 6.88. The smallest absolute Gasteiger partial charge is 0.349 e. The molecule has 0 aliphatic rings. The standard InChI is InChI=1S/C15H23NO3S/c1-10(2)9-11(13(17)16-15(3,4)5)19-14(18)12-7-6-8-20-12/h6-8,10-11H,9H2,1-5H3,(H,16,17). The molecule has 4 nitrogen and oxygen atoms in total. The van der Waals surface area contributed by atoms with E-state index in [1.165, 1.54) is 11.3 Å². The molecular formula is C15H23NO3S. The summed E-state index contributed by atoms with van der Waals surface area (Å²) in [6.45, 7) is 9.70. The molecular weight excluding hydrogens is 274 g/mol. The molecule has 112 valence electrons. The van der Waals surface area contributed by atoms with Crippen LogP contribution in [0.2, 0.25) is 0 Å². The minimum Gasteiger partial charge on any atom is -0.448 e. The molecule has 0 aliphatic heterocycles. The van der Waals surface area contributed by atoms with Crippen molar-refractivity contribution in [2.45, 2.75) is 52.7 Å². The van der Waals surface area contributed by atoms with Crippen LogP contribution in [0.1, 0.15) is 50.7 Å². The van der Waals surface area contributed by atoms with Crippen LogP contribution in [0.4, 0.5) is 0 Å². The number of nitrogens with one attached hydrogen (secondary N) is 1. The summed E-state index contributed by atoms with van der Waals surface area (Å²) >= 11 is 1.31. The fourth-order valence-corrected chi connectivity index (χ4v) is 2.27. The molecule has 1 rings (SSSR count). The van der Waals surface area contributed by atoms with Crippen LogP contribution in [-0.4, -0.2) is 23.5 Å². The summed E-state index contributed by atoms with van der Waals surface area (Å²) in [6, 6.07) is 3.48. The molecule has 1 atom stereocenters. The number of ether oxygens (including phenoxy) is 1. The van der Waals surface area contributed by atoms with E-state index in [0.29, 0.717) is 11.3 Å². The van der Waals surface area contributed by atoms with E-state index in [1.807, 2.05) is 40.0 Å². The first-order valence-corrected chi connectivity index (χ1v) is 7.63. The van der Waals surface area contributed by atoms with Gasteiger partial charge >= 0.3 is 5.97 Å². The van der Waals surface area contributed by atoms with Gasteiger partial charge in [0.15, 0.2) is 6.10 Å². The number of thiophene rings is 1. The van der Waals surface area contributed by atoms with Crippen LogP contribution in [0, 0.1) is 5.92 Å². The van der Waals surface area contributed by atoms with Crippen LogP contribution in [-0.2, 0) is 9.53 Å². The van der Waals surface area contributed by atoms with Gasteiger partial charge in [-0.15, -0.1) is 11.3 Å². The van der Waals surface area contributed by atoms with E-state index in [2.05, 4.69) is 5.32 Å². The van der Waals surface area contributed by atoms with Gasteiger partial charge in [-0.1, -0.05) is 19.9 Å². The van der Waals surface area contributed by atoms with Gasteiger partial charge in [-0.05, 0) is 44.6 Å². The number of amides is 1. The summed E-state index contributed by atoms with van der Waals surface area (Å²) in [5.41, 5.74) is -0.346. The summed E-state index contributed by atoms with van der Waals surface area (Å²) in [5.74, 6) is -0.410. The predicted octanol–water partition coefficient (Wildman–Crippen LogP) is 3.23. The minimum absolute atomic E-state index is 0.240. The highest BCUT2D eigenvalue weighted by Crippen LogP contribution is 2.16. The third-order valence-corrected chi connectivity index (χ3v) is 3.30. The van der Waals surface area contributed by atoms with Crippen LogP contribution >= 0.6 is 11.3 Å². The van der Waals surface area contributed by atoms with E-state index in [-0.39, 0.29) is 17.4 Å². The average Bonchev–Trinajstić information content (AvgIpc) is 2.78. The zero-order valence-corrected chi connectivity index (χ0v) is 13.5. The number of hydrogen-bond acceptors (Lipinski definition) is 4. The van der Waals surface area contributed by atoms with Crippen molar-refractivity contribution in [3.8, 4) is 0 Å². The molecule has 1 unspecified atom stereocenters. The molecule has 0 radical (unpaired) electrons. The average molecular weight is 297 g/mol. The highest BCUT2D eigenvalue weighted by atomic mass is 32.1. The lowest BCUT2D eigenvalue weighted by Crippen LogP contribution is -2.47. The lowest BCUT2D eigenvalue weighted by atomic mass is 10.0. The van der Waals surface area contributed by atoms with Crippen molar-refractivity contribution < 1.29 is 14.3 Å². The van der Waals surface area contributed by atoms with E-state index in [9.17, 15) is 9.59 Å². The summed E-state index contributed by atoms with van der Waals surface area (Å²) in [7, 11) is 0. The first-order chi connectivity index (χ1) is 9.19. The molecule has 0 bridgehead atoms. The monoisotopic (exact) mass is 297 g/mol. The molecule has 1 aromatic heterocycles. The molecule has 0 saturated heterocycles. The zero-order valence-electron chi connectivity index (χ0n) is 12.7. The number of rotatable bonds is 5. The van der Waals surface area contributed by atoms with Crippen molar-refractivity contribution in [1.82, 2.24) is 5.32 Å². The van der Waals surface area contributed by atoms with Crippen LogP contribution in [0.3, 0.4) is 0 Å². The van der Waals surface area contributed by atoms with Gasteiger partial charge in [-0.25, -0.2) is 4.79 Å². The van der Waals surface area contributed by atoms with Gasteiger partial charge in [0.05, 0.1) is 0 Å². The molecule has 1 heterocycles. The number of carbonyl (C=O) groups is 2. The first kappa shape index (κ1) is 16.7. The summed E-state index contributed by atoms with van der Waals surface area (Å²) in [5, 5.41) is 4.67. The van der Waals surface area contributed by atoms with Crippen molar-refractivity contribution in [2.75, 3.05) is 0 Å². The van der Waals surface area contributed by atoms with E-state index < -0.39 is 12.1 Å². The maximum atomic E-state index is 12.2. The Hall–Kier alpha value is -1.36. The molecule has 1 amide bonds. The van der Waals surface area contributed by atoms with Crippen LogP contribution in [0.5, 0.6) is 0 Å². The van der Waals surface area contributed by atoms with Gasteiger partial charge in [0, 0.05) is 5.54 Å². The van der Waals surface area contributed by atoms with Gasteiger partial charge in [-0.2, -0.15) is 0 Å². The fourth-order valence-electron chi connectivity index (χ4n) is 1.67. The maximum Gasteiger partial charge on any atom is 0.349 e. The lowest BCUT2D eigenvalue weighted by Gasteiger charge is -2.25. The number of carbonyl (C=O) groups excluding carboxylic acids is 2. The van der Waals surface area contributed by atoms with E-state index >= 15 is 0 Å². The molecule has 1 N–H and O–H groups in total. The molecule has 5 heteroatoms. The SMILES string of the molecule is CC(C)CC(OC(=O)c1cccs1)C(=O)NC(C)(C)C. The van der Waals surface area contributed by atoms with Crippen molar-refractivity contribution in [3.63, 3.8) is 0 Å². The Balaban J connectivity index is 2.74. The fraction of sp³-hybridized carbons (Fsp3) is 0.600. The predicted molar refractivity (Wildman–Crippen MR) is 80.9 cm³/mol. The van der Waals surface area contributed by atoms with E-state index in [1.54, 1.807) is 12.1 Å². The maximum absolute atomic E-state index is 12.2. The van der Waals surface area contributed by atoms with Crippen LogP contribution in [0.25, 0.3) is 0 Å². The highest BCUT2D eigenvalue weighted by molar-refractivity contribution is 7.11. The van der Waals surface area contributed by atoms with Crippen molar-refractivity contribution in [2.24, 2.45) is 5.92 Å². The molecule has 0 aromatic carbocycles. The second-order valence-electron chi connectivity index (χ2n) is 6.24. The molecule has 20 heavy (non-hydrogen) atoms. The second-order valence-corrected chi connectivity index (χ2v) is 7.19. The van der Waals surface area contributed by atoms with Gasteiger partial charge in [0.25, 0.3) is 5.91 Å². The minimum atomic E-state index is -0.746. The Morgan fingerprint density at radius 3 is 2.45 bits per heavy atom. The normalized spacial score (nSPS) is 13.1. The Morgan fingerprint density at radius 2 is 2.00 bits per heavy atom. The van der Waals surface area contributed by atoms with Crippen LogP contribution in [0.15, 0.2) is 17.5 Å². The van der Waals surface area contributed by atoms with E-state index in [4.69, 9.17) is 4.74 Å². The molecule has 0 fully saturated rings. The van der Waals surface area contributed by atoms with Gasteiger partial charge in [-0.3, -0.25) is 4.79 Å². The summed E-state index contributed by atoms with van der Waals surface area (Å²) < 4.78 is 5.37. The van der Waals surface area contributed by atoms with E-state index in [0.717, 1.165) is 0 Å². The quantitative estimate of drug-likeness (QED) is 0.849. The molecule has 0 aliphatic carbocycles. The highest BCUT2D eigenvalue weighted by Gasteiger charge is 2.27. The van der Waals surface area contributed by atoms with Gasteiger partial charge in [0.2, 0.25) is 0 Å². The molecule has 0 spiro atoms. The topological polar surface area (TPSA) is 55.4 Å². The summed E-state index contributed by atoms with van der Waals surface area (Å²) in [4.78, 5) is 24.7. The Morgan fingerprint density at radius 1 is 1.35 bits per heavy atom.